The van der Waals surface area contributed by atoms with E-state index in [9.17, 15) is 71.9 Å². The number of para-hydroxylation sites is 2. The highest BCUT2D eigenvalue weighted by Crippen LogP contribution is 2.38. The summed E-state index contributed by atoms with van der Waals surface area (Å²) in [5.41, 5.74) is 8.37. The van der Waals surface area contributed by atoms with Crippen LogP contribution in [-0.4, -0.2) is 94.4 Å². The molecule has 0 bridgehead atoms. The Morgan fingerprint density at radius 3 is 1.65 bits per heavy atom. The molecule has 8 N–H and O–H groups in total. The summed E-state index contributed by atoms with van der Waals surface area (Å²) in [6, 6.07) is 30.5. The zero-order chi connectivity index (χ0) is 55.3. The fraction of sp³-hybridized carbons (Fsp3) is 0.292. The lowest BCUT2D eigenvalue weighted by Gasteiger charge is -2.23. The first kappa shape index (κ1) is 58.0. The summed E-state index contributed by atoms with van der Waals surface area (Å²) in [6.07, 6.45) is -28.7. The number of hydrogen-bond donors (Lipinski definition) is 7. The van der Waals surface area contributed by atoms with Crippen molar-refractivity contribution in [1.29, 1.82) is 5.41 Å². The Balaban J connectivity index is 0.000000242. The van der Waals surface area contributed by atoms with E-state index < -0.39 is 73.8 Å². The average Bonchev–Trinajstić information content (AvgIpc) is 4.08. The second-order valence-corrected chi connectivity index (χ2v) is 16.4. The molecule has 2 fully saturated rings. The van der Waals surface area contributed by atoms with Gasteiger partial charge in [-0.05, 0) is 53.1 Å². The van der Waals surface area contributed by atoms with E-state index in [0.717, 1.165) is 0 Å². The van der Waals surface area contributed by atoms with E-state index >= 15 is 0 Å². The molecule has 402 valence electrons. The van der Waals surface area contributed by atoms with Crippen LogP contribution in [0.3, 0.4) is 0 Å². The zero-order valence-electron chi connectivity index (χ0n) is 38.5. The predicted octanol–water partition coefficient (Wildman–Crippen LogP) is 8.92. The van der Waals surface area contributed by atoms with Gasteiger partial charge in [-0.3, -0.25) is 24.6 Å². The number of anilines is 2. The van der Waals surface area contributed by atoms with E-state index in [1.807, 2.05) is 0 Å². The standard InChI is InChI=1S/C24H20F6N4O3.C19H17F6N3O.C5H7NO3/c25-23(26,27)22(24(28,29)30)37-13-14-5-4-6-15(9-14)18-11-19(32-21(36)16-10-20(35)31-12-16)33-34(18)17-7-2-1-3-8-17;20-18(21,22)17(19(23,24)25)29-11-12-5-4-6-13(9-12)15(10-16(26)27)28-14-7-2-1-3-8-14;7-4-1-3(2-6-4)5(8)9/h1-9,11,16,22H,10,12-13H2,(H,31,35)(H,32,33,36);1-10,17,28H,11H2,(H3,26,27);3H,1-2H2,(H,6,7)(H,8,9)/b;15-10-;/t16-;;3-/m0.0/s1. The molecule has 0 unspecified atom stereocenters. The Bertz CT molecular complexity index is 2780. The molecule has 0 radical (unpaired) electrons. The smallest absolute Gasteiger partial charge is 0.423 e. The number of rotatable bonds is 15. The average molecular weight is 1070 g/mol. The maximum absolute atomic E-state index is 12.8. The van der Waals surface area contributed by atoms with E-state index in [2.05, 4.69) is 35.8 Å². The SMILES string of the molecule is N=C(N)/C=C(\Nc1ccccc1)c1cccc(COC(C(F)(F)F)C(F)(F)F)c1.O=C1C[C@H](C(=O)Nc2cc(-c3cccc(COC(C(F)(F)F)C(F)(F)F)c3)n(-c3ccccc3)n2)CN1.O=C1C[C@H](C(=O)O)CN1. The minimum absolute atomic E-state index is 0.0387. The minimum Gasteiger partial charge on any atom is -0.481 e. The van der Waals surface area contributed by atoms with E-state index in [1.54, 1.807) is 72.8 Å². The van der Waals surface area contributed by atoms with Gasteiger partial charge in [0.15, 0.2) is 5.82 Å². The van der Waals surface area contributed by atoms with E-state index in [0.29, 0.717) is 33.9 Å². The molecule has 2 aliphatic rings. The summed E-state index contributed by atoms with van der Waals surface area (Å²) in [5.74, 6) is -2.94. The van der Waals surface area contributed by atoms with Crippen molar-refractivity contribution in [3.8, 4) is 16.9 Å². The summed E-state index contributed by atoms with van der Waals surface area (Å²) in [5, 5.41) is 30.9. The van der Waals surface area contributed by atoms with Gasteiger partial charge in [0.25, 0.3) is 0 Å². The van der Waals surface area contributed by atoms with Crippen LogP contribution >= 0.6 is 0 Å². The molecule has 2 aliphatic heterocycles. The van der Waals surface area contributed by atoms with Crippen molar-refractivity contribution in [2.75, 3.05) is 23.7 Å². The highest BCUT2D eigenvalue weighted by atomic mass is 19.4. The Kier molecular flexibility index (Phi) is 19.2. The van der Waals surface area contributed by atoms with Crippen LogP contribution in [0, 0.1) is 17.2 Å². The van der Waals surface area contributed by atoms with E-state index in [4.69, 9.17) is 16.2 Å². The lowest BCUT2D eigenvalue weighted by molar-refractivity contribution is -0.325. The number of benzene rings is 4. The molecule has 3 amide bonds. The number of ether oxygens (including phenoxy) is 2. The number of aliphatic carboxylic acids is 1. The number of carboxylic acid groups (broad SMARTS) is 1. The van der Waals surface area contributed by atoms with Gasteiger partial charge in [-0.25, -0.2) is 4.68 Å². The number of carbonyl (C=O) groups excluding carboxylic acids is 3. The van der Waals surface area contributed by atoms with Gasteiger partial charge in [-0.1, -0.05) is 72.8 Å². The Labute approximate surface area is 417 Å². The van der Waals surface area contributed by atoms with Crippen molar-refractivity contribution < 1.29 is 86.4 Å². The molecule has 0 saturated carbocycles. The molecule has 5 aromatic rings. The largest absolute Gasteiger partial charge is 0.481 e. The van der Waals surface area contributed by atoms with Crippen LogP contribution in [0.15, 0.2) is 121 Å². The molecule has 7 rings (SSSR count). The summed E-state index contributed by atoms with van der Waals surface area (Å²) >= 11 is 0. The molecule has 4 aromatic carbocycles. The summed E-state index contributed by atoms with van der Waals surface area (Å²) < 4.78 is 162. The van der Waals surface area contributed by atoms with Gasteiger partial charge in [0.2, 0.25) is 29.9 Å². The maximum Gasteiger partial charge on any atom is 0.423 e. The van der Waals surface area contributed by atoms with Crippen LogP contribution in [0.5, 0.6) is 0 Å². The second-order valence-electron chi connectivity index (χ2n) is 16.4. The Morgan fingerprint density at radius 2 is 1.19 bits per heavy atom. The van der Waals surface area contributed by atoms with Crippen molar-refractivity contribution in [2.45, 2.75) is 63.0 Å². The van der Waals surface area contributed by atoms with Crippen molar-refractivity contribution in [3.05, 3.63) is 138 Å². The Morgan fingerprint density at radius 1 is 0.693 bits per heavy atom. The number of nitrogens with zero attached hydrogens (tertiary/aromatic N) is 2. The van der Waals surface area contributed by atoms with Crippen LogP contribution in [-0.2, 0) is 41.9 Å². The third-order valence-corrected chi connectivity index (χ3v) is 10.5. The predicted molar refractivity (Wildman–Crippen MR) is 245 cm³/mol. The maximum atomic E-state index is 12.8. The quantitative estimate of drug-likeness (QED) is 0.0300. The van der Waals surface area contributed by atoms with Crippen LogP contribution in [0.4, 0.5) is 64.2 Å². The van der Waals surface area contributed by atoms with Crippen molar-refractivity contribution in [1.82, 2.24) is 20.4 Å². The molecule has 15 nitrogen and oxygen atoms in total. The zero-order valence-corrected chi connectivity index (χ0v) is 38.5. The lowest BCUT2D eigenvalue weighted by Crippen LogP contribution is -2.44. The molecule has 3 heterocycles. The number of amidine groups is 1. The molecule has 0 spiro atoms. The van der Waals surface area contributed by atoms with Gasteiger partial charge in [0, 0.05) is 55.0 Å². The van der Waals surface area contributed by atoms with E-state index in [1.165, 1.54) is 53.2 Å². The van der Waals surface area contributed by atoms with Gasteiger partial charge in [-0.2, -0.15) is 52.7 Å². The highest BCUT2D eigenvalue weighted by Gasteiger charge is 2.59. The first-order valence-corrected chi connectivity index (χ1v) is 21.9. The number of hydrogen-bond acceptors (Lipinski definition) is 9. The number of aromatic nitrogens is 2. The fourth-order valence-electron chi connectivity index (χ4n) is 6.99. The number of alkyl halides is 12. The number of halogens is 12. The first-order valence-electron chi connectivity index (χ1n) is 21.9. The molecule has 0 aliphatic carbocycles. The first-order chi connectivity index (χ1) is 35.1. The molecule has 1 aromatic heterocycles. The van der Waals surface area contributed by atoms with Crippen molar-refractivity contribution >= 4 is 46.7 Å². The second kappa shape index (κ2) is 24.9. The van der Waals surface area contributed by atoms with Gasteiger partial charge in [-0.15, -0.1) is 5.10 Å². The van der Waals surface area contributed by atoms with Crippen LogP contribution in [0.25, 0.3) is 22.6 Å². The number of amides is 3. The molecular weight excluding hydrogens is 1030 g/mol. The molecule has 27 heteroatoms. The fourth-order valence-corrected chi connectivity index (χ4v) is 6.99. The molecule has 2 atom stereocenters. The topological polar surface area (TPSA) is 223 Å². The highest BCUT2D eigenvalue weighted by molar-refractivity contribution is 5.98. The van der Waals surface area contributed by atoms with E-state index in [-0.39, 0.29) is 60.5 Å². The number of carbonyl (C=O) groups is 4. The monoisotopic (exact) mass is 1070 g/mol. The van der Waals surface area contributed by atoms with Gasteiger partial charge >= 0.3 is 30.7 Å². The third kappa shape index (κ3) is 17.6. The number of carboxylic acids is 1. The molecular formula is C48H44F12N8O7. The number of nitrogens with two attached hydrogens (primary N) is 1. The molecule has 2 saturated heterocycles. The van der Waals surface area contributed by atoms with Crippen molar-refractivity contribution in [2.24, 2.45) is 17.6 Å². The molecule has 75 heavy (non-hydrogen) atoms. The Hall–Kier alpha value is -7.94. The van der Waals surface area contributed by atoms with Crippen molar-refractivity contribution in [3.63, 3.8) is 0 Å². The normalized spacial score (nSPS) is 16.1. The van der Waals surface area contributed by atoms with Crippen LogP contribution in [0.1, 0.15) is 29.5 Å². The lowest BCUT2D eigenvalue weighted by atomic mass is 10.1. The number of nitrogens with one attached hydrogen (secondary N) is 5. The van der Waals surface area contributed by atoms with Crippen LogP contribution < -0.4 is 27.0 Å². The summed E-state index contributed by atoms with van der Waals surface area (Å²) in [7, 11) is 0. The summed E-state index contributed by atoms with van der Waals surface area (Å²) in [4.78, 5) is 44.5. The summed E-state index contributed by atoms with van der Waals surface area (Å²) in [6.45, 7) is -1.37. The third-order valence-electron chi connectivity index (χ3n) is 10.5. The van der Waals surface area contributed by atoms with Gasteiger partial charge < -0.3 is 41.6 Å². The van der Waals surface area contributed by atoms with Gasteiger partial charge in [0.05, 0.1) is 36.4 Å². The minimum atomic E-state index is -5.62. The van der Waals surface area contributed by atoms with Crippen LogP contribution in [0.2, 0.25) is 0 Å². The van der Waals surface area contributed by atoms with Gasteiger partial charge in [0.1, 0.15) is 5.84 Å².